The molecule has 1 aromatic heterocycles. The molecular weight excluding hydrogens is 260 g/mol. The summed E-state index contributed by atoms with van der Waals surface area (Å²) in [5.74, 6) is 5.01. The molecule has 92 valence electrons. The fraction of sp³-hybridized carbons (Fsp3) is 0.222. The summed E-state index contributed by atoms with van der Waals surface area (Å²) in [5, 5.41) is 13.9. The van der Waals surface area contributed by atoms with E-state index < -0.39 is 4.92 Å². The van der Waals surface area contributed by atoms with E-state index in [-0.39, 0.29) is 28.8 Å². The number of halogens is 1. The third-order valence-electron chi connectivity index (χ3n) is 1.80. The average molecular weight is 267 g/mol. The third-order valence-corrected chi connectivity index (χ3v) is 2.09. The van der Waals surface area contributed by atoms with Crippen molar-refractivity contribution >= 4 is 23.1 Å². The molecule has 18 heavy (non-hydrogen) atoms. The fourth-order valence-electron chi connectivity index (χ4n) is 1.04. The first-order valence-corrected chi connectivity index (χ1v) is 5.04. The Hall–Kier alpha value is -2.49. The number of nitrogen functional groups attached to an aromatic ring is 1. The molecule has 0 amide bonds. The van der Waals surface area contributed by atoms with Gasteiger partial charge in [0.25, 0.3) is 0 Å². The van der Waals surface area contributed by atoms with Gasteiger partial charge in [0.1, 0.15) is 5.15 Å². The van der Waals surface area contributed by atoms with E-state index in [1.54, 1.807) is 0 Å². The highest BCUT2D eigenvalue weighted by Gasteiger charge is 2.15. The zero-order chi connectivity index (χ0) is 13.5. The largest absolute Gasteiger partial charge is 0.378 e. The zero-order valence-corrected chi connectivity index (χ0v) is 9.76. The third kappa shape index (κ3) is 3.52. The molecule has 0 aliphatic carbocycles. The predicted molar refractivity (Wildman–Crippen MR) is 65.8 cm³/mol. The summed E-state index contributed by atoms with van der Waals surface area (Å²) < 4.78 is 0. The minimum Gasteiger partial charge on any atom is -0.378 e. The molecule has 1 aromatic rings. The van der Waals surface area contributed by atoms with Gasteiger partial charge in [0.2, 0.25) is 5.82 Å². The van der Waals surface area contributed by atoms with Crippen LogP contribution >= 0.6 is 11.6 Å². The quantitative estimate of drug-likeness (QED) is 0.131. The lowest BCUT2D eigenvalue weighted by molar-refractivity contribution is -0.384. The number of hydrogen-bond acceptors (Lipinski definition) is 5. The van der Waals surface area contributed by atoms with Gasteiger partial charge in [-0.1, -0.05) is 28.6 Å². The smallest absolute Gasteiger partial charge is 0.312 e. The molecular formula is C9H7ClN6O2. The SMILES string of the molecule is [N-]=[N+]=NCCC#Cc1cc([N+](=O)[O-])c(N)nc1Cl. The monoisotopic (exact) mass is 266 g/mol. The number of aromatic nitrogens is 1. The summed E-state index contributed by atoms with van der Waals surface area (Å²) in [6.45, 7) is 0.214. The second kappa shape index (κ2) is 6.30. The Balaban J connectivity index is 2.98. The Morgan fingerprint density at radius 2 is 2.44 bits per heavy atom. The maximum Gasteiger partial charge on any atom is 0.312 e. The number of rotatable bonds is 3. The lowest BCUT2D eigenvalue weighted by Crippen LogP contribution is -2.00. The Kier molecular flexibility index (Phi) is 4.75. The first kappa shape index (κ1) is 13.6. The van der Waals surface area contributed by atoms with Crippen LogP contribution in [0, 0.1) is 22.0 Å². The molecule has 0 saturated heterocycles. The Morgan fingerprint density at radius 1 is 1.72 bits per heavy atom. The molecule has 0 fully saturated rings. The van der Waals surface area contributed by atoms with Crippen molar-refractivity contribution in [2.24, 2.45) is 5.11 Å². The summed E-state index contributed by atoms with van der Waals surface area (Å²) in [6, 6.07) is 1.16. The minimum atomic E-state index is -0.663. The second-order valence-electron chi connectivity index (χ2n) is 2.99. The van der Waals surface area contributed by atoms with Gasteiger partial charge in [-0.05, 0) is 5.53 Å². The van der Waals surface area contributed by atoms with E-state index >= 15 is 0 Å². The topological polar surface area (TPSA) is 131 Å². The van der Waals surface area contributed by atoms with Crippen molar-refractivity contribution < 1.29 is 4.92 Å². The van der Waals surface area contributed by atoms with Crippen molar-refractivity contribution in [3.8, 4) is 11.8 Å². The molecule has 0 saturated carbocycles. The summed E-state index contributed by atoms with van der Waals surface area (Å²) in [5.41, 5.74) is 13.2. The van der Waals surface area contributed by atoms with E-state index in [9.17, 15) is 10.1 Å². The molecule has 1 heterocycles. The highest BCUT2D eigenvalue weighted by molar-refractivity contribution is 6.30. The van der Waals surface area contributed by atoms with Crippen LogP contribution in [0.5, 0.6) is 0 Å². The maximum atomic E-state index is 10.6. The van der Waals surface area contributed by atoms with Crippen LogP contribution in [-0.4, -0.2) is 16.5 Å². The van der Waals surface area contributed by atoms with Crippen LogP contribution in [0.15, 0.2) is 11.2 Å². The van der Waals surface area contributed by atoms with Crippen molar-refractivity contribution in [1.82, 2.24) is 4.98 Å². The molecule has 2 N–H and O–H groups in total. The van der Waals surface area contributed by atoms with Crippen LogP contribution < -0.4 is 5.73 Å². The van der Waals surface area contributed by atoms with Crippen LogP contribution in [0.4, 0.5) is 11.5 Å². The molecule has 0 aliphatic rings. The van der Waals surface area contributed by atoms with E-state index in [1.165, 1.54) is 0 Å². The molecule has 0 bridgehead atoms. The zero-order valence-electron chi connectivity index (χ0n) is 9.00. The Labute approximate surface area is 107 Å². The van der Waals surface area contributed by atoms with E-state index in [0.29, 0.717) is 6.42 Å². The van der Waals surface area contributed by atoms with Gasteiger partial charge in [-0.3, -0.25) is 10.1 Å². The number of hydrogen-bond donors (Lipinski definition) is 1. The number of pyridine rings is 1. The number of azide groups is 1. The van der Waals surface area contributed by atoms with Gasteiger partial charge in [-0.25, -0.2) is 4.98 Å². The Bertz CT molecular complexity index is 585. The molecule has 0 aromatic carbocycles. The minimum absolute atomic E-state index is 0.00520. The molecule has 9 heteroatoms. The van der Waals surface area contributed by atoms with Crippen molar-refractivity contribution in [1.29, 1.82) is 0 Å². The van der Waals surface area contributed by atoms with Gasteiger partial charge in [-0.15, -0.1) is 0 Å². The van der Waals surface area contributed by atoms with Crippen molar-refractivity contribution in [2.75, 3.05) is 12.3 Å². The normalized spacial score (nSPS) is 8.94. The average Bonchev–Trinajstić information content (AvgIpc) is 2.30. The van der Waals surface area contributed by atoms with Crippen molar-refractivity contribution in [3.63, 3.8) is 0 Å². The molecule has 0 spiro atoms. The summed E-state index contributed by atoms with van der Waals surface area (Å²) >= 11 is 5.75. The van der Waals surface area contributed by atoms with Crippen LogP contribution in [0.25, 0.3) is 10.4 Å². The van der Waals surface area contributed by atoms with Crippen LogP contribution in [0.2, 0.25) is 5.15 Å². The van der Waals surface area contributed by atoms with E-state index in [1.807, 2.05) is 0 Å². The summed E-state index contributed by atoms with van der Waals surface area (Å²) in [6.07, 6.45) is 0.318. The number of nitrogens with two attached hydrogens (primary N) is 1. The standard InChI is InChI=1S/C9H7ClN6O2/c10-8-6(3-1-2-4-13-15-12)5-7(16(17)18)9(11)14-8/h5H,2,4H2,(H2,11,14). The number of anilines is 1. The van der Waals surface area contributed by atoms with Crippen molar-refractivity contribution in [3.05, 3.63) is 37.3 Å². The van der Waals surface area contributed by atoms with E-state index in [2.05, 4.69) is 26.9 Å². The number of nitro groups is 1. The van der Waals surface area contributed by atoms with Gasteiger partial charge in [0, 0.05) is 23.9 Å². The van der Waals surface area contributed by atoms with Crippen LogP contribution in [0.1, 0.15) is 12.0 Å². The lowest BCUT2D eigenvalue weighted by atomic mass is 10.2. The first-order valence-electron chi connectivity index (χ1n) is 4.66. The summed E-state index contributed by atoms with van der Waals surface area (Å²) in [7, 11) is 0. The second-order valence-corrected chi connectivity index (χ2v) is 3.35. The first-order chi connectivity index (χ1) is 8.56. The molecule has 8 nitrogen and oxygen atoms in total. The summed E-state index contributed by atoms with van der Waals surface area (Å²) in [4.78, 5) is 16.2. The van der Waals surface area contributed by atoms with Gasteiger partial charge in [0.15, 0.2) is 0 Å². The lowest BCUT2D eigenvalue weighted by Gasteiger charge is -1.99. The Morgan fingerprint density at radius 3 is 3.06 bits per heavy atom. The van der Waals surface area contributed by atoms with Crippen LogP contribution in [0.3, 0.4) is 0 Å². The van der Waals surface area contributed by atoms with Gasteiger partial charge in [-0.2, -0.15) is 0 Å². The molecule has 0 aliphatic heterocycles. The van der Waals surface area contributed by atoms with Crippen LogP contribution in [-0.2, 0) is 0 Å². The molecule has 0 radical (unpaired) electrons. The van der Waals surface area contributed by atoms with Gasteiger partial charge in [0.05, 0.1) is 10.5 Å². The highest BCUT2D eigenvalue weighted by Crippen LogP contribution is 2.24. The highest BCUT2D eigenvalue weighted by atomic mass is 35.5. The van der Waals surface area contributed by atoms with E-state index in [0.717, 1.165) is 6.07 Å². The predicted octanol–water partition coefficient (Wildman–Crippen LogP) is 2.28. The van der Waals surface area contributed by atoms with Crippen molar-refractivity contribution in [2.45, 2.75) is 6.42 Å². The molecule has 0 atom stereocenters. The fourth-order valence-corrected chi connectivity index (χ4v) is 1.23. The van der Waals surface area contributed by atoms with Gasteiger partial charge >= 0.3 is 5.69 Å². The molecule has 1 rings (SSSR count). The molecule has 0 unspecified atom stereocenters. The maximum absolute atomic E-state index is 10.6. The number of nitrogens with zero attached hydrogens (tertiary/aromatic N) is 5. The van der Waals surface area contributed by atoms with Gasteiger partial charge < -0.3 is 5.73 Å². The van der Waals surface area contributed by atoms with E-state index in [4.69, 9.17) is 22.9 Å².